The van der Waals surface area contributed by atoms with Gasteiger partial charge in [-0.05, 0) is 53.0 Å². The number of aliphatic imine (C=N–C) groups is 1. The van der Waals surface area contributed by atoms with Crippen LogP contribution in [0.3, 0.4) is 0 Å². The average Bonchev–Trinajstić information content (AvgIpc) is 3.09. The first kappa shape index (κ1) is 25.0. The molecule has 0 saturated carbocycles. The Kier molecular flexibility index (Phi) is 10.8. The average molecular weight is 413 g/mol. The number of likely N-dealkylation sites (tertiary alicyclic amines) is 1. The van der Waals surface area contributed by atoms with E-state index in [0.29, 0.717) is 13.1 Å². The molecule has 3 N–H and O–H groups in total. The van der Waals surface area contributed by atoms with E-state index in [0.717, 1.165) is 51.3 Å². The number of amides is 2. The molecular weight excluding hydrogens is 372 g/mol. The molecular formula is C20H40N6O3. The van der Waals surface area contributed by atoms with Crippen LogP contribution in [0.2, 0.25) is 0 Å². The third-order valence-corrected chi connectivity index (χ3v) is 4.54. The summed E-state index contributed by atoms with van der Waals surface area (Å²) in [5.74, 6) is 0.942. The van der Waals surface area contributed by atoms with Crippen LogP contribution >= 0.6 is 0 Å². The standard InChI is InChI=1S/C20H40N6O3/c1-20(2,3)29-19(28)24-12-8-11-22-18(21-4)23-13-9-15-26-14-7-10-16(26)17(27)25(5)6/h16H,7-15H2,1-6H3,(H,24,28)(H2,21,22,23). The fourth-order valence-electron chi connectivity index (χ4n) is 3.18. The van der Waals surface area contributed by atoms with Crippen LogP contribution < -0.4 is 16.0 Å². The highest BCUT2D eigenvalue weighted by molar-refractivity contribution is 5.81. The molecule has 0 aromatic rings. The summed E-state index contributed by atoms with van der Waals surface area (Å²) in [6.45, 7) is 9.43. The number of hydrogen-bond acceptors (Lipinski definition) is 5. The number of likely N-dealkylation sites (N-methyl/N-ethyl adjacent to an activating group) is 1. The van der Waals surface area contributed by atoms with Gasteiger partial charge in [-0.2, -0.15) is 0 Å². The number of hydrogen-bond donors (Lipinski definition) is 3. The van der Waals surface area contributed by atoms with Crippen molar-refractivity contribution in [3.8, 4) is 0 Å². The highest BCUT2D eigenvalue weighted by atomic mass is 16.6. The number of alkyl carbamates (subject to hydrolysis) is 1. The maximum absolute atomic E-state index is 12.2. The molecule has 1 saturated heterocycles. The van der Waals surface area contributed by atoms with Crippen molar-refractivity contribution in [3.63, 3.8) is 0 Å². The Bertz CT molecular complexity index is 545. The van der Waals surface area contributed by atoms with Crippen molar-refractivity contribution < 1.29 is 14.3 Å². The maximum atomic E-state index is 12.2. The van der Waals surface area contributed by atoms with Crippen molar-refractivity contribution in [3.05, 3.63) is 0 Å². The molecule has 1 aliphatic heterocycles. The fourth-order valence-corrected chi connectivity index (χ4v) is 3.18. The number of carbonyl (C=O) groups is 2. The second-order valence-corrected chi connectivity index (χ2v) is 8.49. The third-order valence-electron chi connectivity index (χ3n) is 4.54. The number of ether oxygens (including phenoxy) is 1. The van der Waals surface area contributed by atoms with Crippen LogP contribution in [0.1, 0.15) is 46.5 Å². The van der Waals surface area contributed by atoms with Gasteiger partial charge in [-0.25, -0.2) is 4.79 Å². The molecule has 1 fully saturated rings. The number of nitrogens with zero attached hydrogens (tertiary/aromatic N) is 3. The van der Waals surface area contributed by atoms with Crippen LogP contribution in [0.4, 0.5) is 4.79 Å². The smallest absolute Gasteiger partial charge is 0.407 e. The Morgan fingerprint density at radius 1 is 1.10 bits per heavy atom. The summed E-state index contributed by atoms with van der Waals surface area (Å²) in [6.07, 6.45) is 3.34. The van der Waals surface area contributed by atoms with E-state index < -0.39 is 11.7 Å². The monoisotopic (exact) mass is 412 g/mol. The van der Waals surface area contributed by atoms with E-state index in [1.54, 1.807) is 11.9 Å². The normalized spacial score (nSPS) is 17.7. The first-order chi connectivity index (χ1) is 13.6. The molecule has 0 spiro atoms. The van der Waals surface area contributed by atoms with E-state index in [1.807, 2.05) is 34.9 Å². The molecule has 0 aliphatic carbocycles. The van der Waals surface area contributed by atoms with Crippen molar-refractivity contribution in [1.29, 1.82) is 0 Å². The highest BCUT2D eigenvalue weighted by Crippen LogP contribution is 2.18. The lowest BCUT2D eigenvalue weighted by atomic mass is 10.2. The molecule has 0 aromatic heterocycles. The van der Waals surface area contributed by atoms with Gasteiger partial charge in [-0.1, -0.05) is 0 Å². The van der Waals surface area contributed by atoms with E-state index in [1.165, 1.54) is 0 Å². The maximum Gasteiger partial charge on any atom is 0.407 e. The molecule has 0 aromatic carbocycles. The summed E-state index contributed by atoms with van der Waals surface area (Å²) >= 11 is 0. The van der Waals surface area contributed by atoms with E-state index in [2.05, 4.69) is 25.8 Å². The van der Waals surface area contributed by atoms with Gasteiger partial charge >= 0.3 is 6.09 Å². The van der Waals surface area contributed by atoms with Gasteiger partial charge in [0.05, 0.1) is 6.04 Å². The van der Waals surface area contributed by atoms with Gasteiger partial charge in [0.1, 0.15) is 5.60 Å². The van der Waals surface area contributed by atoms with E-state index in [4.69, 9.17) is 4.74 Å². The van der Waals surface area contributed by atoms with E-state index >= 15 is 0 Å². The summed E-state index contributed by atoms with van der Waals surface area (Å²) in [6, 6.07) is 0.0277. The van der Waals surface area contributed by atoms with Crippen molar-refractivity contribution in [2.75, 3.05) is 53.9 Å². The summed E-state index contributed by atoms with van der Waals surface area (Å²) < 4.78 is 5.20. The largest absolute Gasteiger partial charge is 0.444 e. The van der Waals surface area contributed by atoms with Crippen molar-refractivity contribution >= 4 is 18.0 Å². The second kappa shape index (κ2) is 12.5. The molecule has 0 radical (unpaired) electrons. The second-order valence-electron chi connectivity index (χ2n) is 8.49. The van der Waals surface area contributed by atoms with Gasteiger partial charge in [0, 0.05) is 47.3 Å². The van der Waals surface area contributed by atoms with Crippen molar-refractivity contribution in [2.45, 2.75) is 58.1 Å². The van der Waals surface area contributed by atoms with Crippen molar-refractivity contribution in [2.24, 2.45) is 4.99 Å². The molecule has 9 heteroatoms. The first-order valence-corrected chi connectivity index (χ1v) is 10.5. The Labute approximate surface area is 175 Å². The molecule has 1 rings (SSSR count). The van der Waals surface area contributed by atoms with Crippen LogP contribution in [-0.2, 0) is 9.53 Å². The van der Waals surface area contributed by atoms with Crippen molar-refractivity contribution in [1.82, 2.24) is 25.8 Å². The van der Waals surface area contributed by atoms with Gasteiger partial charge in [-0.15, -0.1) is 0 Å². The lowest BCUT2D eigenvalue weighted by Crippen LogP contribution is -2.44. The Morgan fingerprint density at radius 2 is 1.72 bits per heavy atom. The quantitative estimate of drug-likeness (QED) is 0.297. The zero-order chi connectivity index (χ0) is 21.9. The minimum atomic E-state index is -0.483. The van der Waals surface area contributed by atoms with Crippen LogP contribution in [0.5, 0.6) is 0 Å². The Balaban J connectivity index is 2.15. The topological polar surface area (TPSA) is 98.3 Å². The fraction of sp³-hybridized carbons (Fsp3) is 0.850. The third kappa shape index (κ3) is 10.3. The number of guanidine groups is 1. The molecule has 1 aliphatic rings. The van der Waals surface area contributed by atoms with Crippen LogP contribution in [0.25, 0.3) is 0 Å². The van der Waals surface area contributed by atoms with E-state index in [9.17, 15) is 9.59 Å². The highest BCUT2D eigenvalue weighted by Gasteiger charge is 2.30. The number of rotatable bonds is 9. The van der Waals surface area contributed by atoms with Gasteiger partial charge < -0.3 is 25.6 Å². The Morgan fingerprint density at radius 3 is 2.31 bits per heavy atom. The van der Waals surface area contributed by atoms with E-state index in [-0.39, 0.29) is 11.9 Å². The number of nitrogens with one attached hydrogen (secondary N) is 3. The molecule has 1 unspecified atom stereocenters. The van der Waals surface area contributed by atoms with Crippen LogP contribution in [0.15, 0.2) is 4.99 Å². The van der Waals surface area contributed by atoms with Crippen LogP contribution in [-0.4, -0.2) is 93.3 Å². The lowest BCUT2D eigenvalue weighted by molar-refractivity contribution is -0.133. The minimum absolute atomic E-state index is 0.0277. The molecule has 1 atom stereocenters. The predicted octanol–water partition coefficient (Wildman–Crippen LogP) is 1.01. The molecule has 2 amide bonds. The summed E-state index contributed by atoms with van der Waals surface area (Å²) in [7, 11) is 5.37. The molecule has 168 valence electrons. The zero-order valence-corrected chi connectivity index (χ0v) is 19.0. The zero-order valence-electron chi connectivity index (χ0n) is 19.0. The molecule has 1 heterocycles. The molecule has 9 nitrogen and oxygen atoms in total. The summed E-state index contributed by atoms with van der Waals surface area (Å²) in [4.78, 5) is 32.0. The Hall–Kier alpha value is -2.03. The van der Waals surface area contributed by atoms with Gasteiger partial charge in [0.2, 0.25) is 5.91 Å². The minimum Gasteiger partial charge on any atom is -0.444 e. The van der Waals surface area contributed by atoms with Gasteiger partial charge in [0.15, 0.2) is 5.96 Å². The first-order valence-electron chi connectivity index (χ1n) is 10.5. The SMILES string of the molecule is CN=C(NCCCNC(=O)OC(C)(C)C)NCCCN1CCCC1C(=O)N(C)C. The van der Waals surface area contributed by atoms with Gasteiger partial charge in [-0.3, -0.25) is 14.7 Å². The summed E-state index contributed by atoms with van der Waals surface area (Å²) in [5.41, 5.74) is -0.483. The number of carbonyl (C=O) groups excluding carboxylic acids is 2. The lowest BCUT2D eigenvalue weighted by Gasteiger charge is -2.26. The van der Waals surface area contributed by atoms with Gasteiger partial charge in [0.25, 0.3) is 0 Å². The molecule has 29 heavy (non-hydrogen) atoms. The van der Waals surface area contributed by atoms with Crippen LogP contribution in [0, 0.1) is 0 Å². The molecule has 0 bridgehead atoms. The predicted molar refractivity (Wildman–Crippen MR) is 116 cm³/mol. The summed E-state index contributed by atoms with van der Waals surface area (Å²) in [5, 5.41) is 9.27.